The summed E-state index contributed by atoms with van der Waals surface area (Å²) in [6, 6.07) is 14.6. The zero-order valence-corrected chi connectivity index (χ0v) is 22.5. The minimum absolute atomic E-state index is 0.0272. The number of halogens is 3. The first-order chi connectivity index (χ1) is 19.8. The van der Waals surface area contributed by atoms with E-state index in [0.717, 1.165) is 37.5 Å². The van der Waals surface area contributed by atoms with Gasteiger partial charge in [0.2, 0.25) is 5.95 Å². The SMILES string of the molecule is N#Cc1cnc(NCc2ccccc2OC(F)(F)F)nc1NCC12CC3C[C@H](C1)C(NCc1ccccn1)[C@@H](C3)C2. The summed E-state index contributed by atoms with van der Waals surface area (Å²) in [4.78, 5) is 13.2. The van der Waals surface area contributed by atoms with Crippen molar-refractivity contribution in [2.75, 3.05) is 17.2 Å². The Morgan fingerprint density at radius 1 is 0.976 bits per heavy atom. The number of rotatable bonds is 10. The summed E-state index contributed by atoms with van der Waals surface area (Å²) in [5.41, 5.74) is 1.85. The molecule has 0 saturated heterocycles. The van der Waals surface area contributed by atoms with E-state index < -0.39 is 6.36 Å². The Morgan fingerprint density at radius 3 is 2.49 bits per heavy atom. The number of alkyl halides is 3. The molecule has 41 heavy (non-hydrogen) atoms. The van der Waals surface area contributed by atoms with E-state index in [2.05, 4.69) is 47.8 Å². The van der Waals surface area contributed by atoms with E-state index in [1.807, 2.05) is 18.3 Å². The maximum atomic E-state index is 12.8. The van der Waals surface area contributed by atoms with E-state index in [1.54, 1.807) is 12.1 Å². The highest BCUT2D eigenvalue weighted by Crippen LogP contribution is 2.60. The van der Waals surface area contributed by atoms with Crippen LogP contribution in [0.3, 0.4) is 0 Å². The Kier molecular flexibility index (Phi) is 7.43. The van der Waals surface area contributed by atoms with Crippen LogP contribution in [-0.2, 0) is 13.1 Å². The van der Waals surface area contributed by atoms with E-state index in [9.17, 15) is 18.4 Å². The molecule has 1 aromatic carbocycles. The van der Waals surface area contributed by atoms with Crippen LogP contribution in [0.5, 0.6) is 5.75 Å². The molecule has 4 fully saturated rings. The largest absolute Gasteiger partial charge is 0.573 e. The molecule has 7 rings (SSSR count). The van der Waals surface area contributed by atoms with Crippen molar-refractivity contribution in [3.8, 4) is 11.8 Å². The predicted octanol–water partition coefficient (Wildman–Crippen LogP) is 5.65. The normalized spacial score (nSPS) is 26.4. The van der Waals surface area contributed by atoms with Gasteiger partial charge in [0.05, 0.1) is 11.9 Å². The number of hydrogen-bond acceptors (Lipinski definition) is 8. The molecule has 4 saturated carbocycles. The van der Waals surface area contributed by atoms with Gasteiger partial charge in [-0.15, -0.1) is 13.2 Å². The summed E-state index contributed by atoms with van der Waals surface area (Å²) in [5.74, 6) is 2.32. The average molecular weight is 564 g/mol. The quantitative estimate of drug-likeness (QED) is 0.291. The fourth-order valence-corrected chi connectivity index (χ4v) is 7.47. The highest BCUT2D eigenvalue weighted by molar-refractivity contribution is 5.53. The van der Waals surface area contributed by atoms with Crippen molar-refractivity contribution in [2.24, 2.45) is 23.2 Å². The van der Waals surface area contributed by atoms with Crippen LogP contribution in [0.15, 0.2) is 54.9 Å². The van der Waals surface area contributed by atoms with Crippen molar-refractivity contribution in [1.29, 1.82) is 5.26 Å². The molecule has 2 heterocycles. The van der Waals surface area contributed by atoms with Crippen LogP contribution >= 0.6 is 0 Å². The lowest BCUT2D eigenvalue weighted by atomic mass is 9.48. The topological polar surface area (TPSA) is 108 Å². The smallest absolute Gasteiger partial charge is 0.405 e. The molecule has 3 N–H and O–H groups in total. The highest BCUT2D eigenvalue weighted by atomic mass is 19.4. The van der Waals surface area contributed by atoms with Crippen LogP contribution in [0.2, 0.25) is 0 Å². The standard InChI is InChI=1S/C30H32F3N7O/c31-30(32,33)41-25-7-2-1-5-20(25)15-37-28-38-16-23(14-34)27(40-28)39-18-29-11-19-9-21(12-29)26(22(10-19)13-29)36-17-24-6-3-4-8-35-24/h1-8,16,19,21-22,26,36H,9-13,15,17-18H2,(H2,37,38,39,40)/t19?,21-,22+,26?,29?. The third-order valence-corrected chi connectivity index (χ3v) is 8.82. The molecule has 214 valence electrons. The Labute approximate surface area is 236 Å². The molecule has 3 unspecified atom stereocenters. The van der Waals surface area contributed by atoms with Crippen molar-refractivity contribution in [3.63, 3.8) is 0 Å². The second-order valence-electron chi connectivity index (χ2n) is 11.6. The fourth-order valence-electron chi connectivity index (χ4n) is 7.47. The molecule has 4 aliphatic carbocycles. The number of aromatic nitrogens is 3. The number of nitriles is 1. The molecule has 4 bridgehead atoms. The first-order valence-corrected chi connectivity index (χ1v) is 14.0. The lowest BCUT2D eigenvalue weighted by Gasteiger charge is -2.60. The number of anilines is 2. The van der Waals surface area contributed by atoms with Crippen LogP contribution in [0.4, 0.5) is 24.9 Å². The van der Waals surface area contributed by atoms with Crippen LogP contribution in [-0.4, -0.2) is 33.9 Å². The summed E-state index contributed by atoms with van der Waals surface area (Å²) < 4.78 is 42.5. The summed E-state index contributed by atoms with van der Waals surface area (Å²) in [5, 5.41) is 19.9. The van der Waals surface area contributed by atoms with Crippen molar-refractivity contribution in [3.05, 3.63) is 71.7 Å². The van der Waals surface area contributed by atoms with Gasteiger partial charge >= 0.3 is 6.36 Å². The van der Waals surface area contributed by atoms with Crippen molar-refractivity contribution in [1.82, 2.24) is 20.3 Å². The first kappa shape index (κ1) is 27.3. The maximum absolute atomic E-state index is 12.8. The van der Waals surface area contributed by atoms with E-state index in [0.29, 0.717) is 34.8 Å². The molecule has 0 spiro atoms. The second kappa shape index (κ2) is 11.2. The molecule has 2 aromatic heterocycles. The van der Waals surface area contributed by atoms with Crippen molar-refractivity contribution < 1.29 is 17.9 Å². The Balaban J connectivity index is 1.10. The van der Waals surface area contributed by atoms with E-state index in [4.69, 9.17) is 0 Å². The van der Waals surface area contributed by atoms with Gasteiger partial charge in [-0.1, -0.05) is 24.3 Å². The number of hydrogen-bond donors (Lipinski definition) is 3. The van der Waals surface area contributed by atoms with E-state index in [1.165, 1.54) is 37.6 Å². The lowest BCUT2D eigenvalue weighted by molar-refractivity contribution is -0.274. The van der Waals surface area contributed by atoms with E-state index in [-0.39, 0.29) is 23.7 Å². The molecule has 3 aromatic rings. The maximum Gasteiger partial charge on any atom is 0.573 e. The number of pyridine rings is 1. The molecule has 0 aliphatic heterocycles. The molecule has 8 nitrogen and oxygen atoms in total. The molecular formula is C30H32F3N7O. The average Bonchev–Trinajstić information content (AvgIpc) is 2.95. The minimum Gasteiger partial charge on any atom is -0.405 e. The summed E-state index contributed by atoms with van der Waals surface area (Å²) >= 11 is 0. The van der Waals surface area contributed by atoms with Gasteiger partial charge in [0.15, 0.2) is 0 Å². The Hall–Kier alpha value is -3.91. The molecule has 5 atom stereocenters. The first-order valence-electron chi connectivity index (χ1n) is 14.0. The summed E-state index contributed by atoms with van der Waals surface area (Å²) in [7, 11) is 0. The number of nitrogens with zero attached hydrogens (tertiary/aromatic N) is 4. The van der Waals surface area contributed by atoms with Gasteiger partial charge in [0.25, 0.3) is 0 Å². The second-order valence-corrected chi connectivity index (χ2v) is 11.6. The number of nitrogens with one attached hydrogen (secondary N) is 3. The zero-order valence-electron chi connectivity index (χ0n) is 22.5. The summed E-state index contributed by atoms with van der Waals surface area (Å²) in [6.07, 6.45) is 4.41. The van der Waals surface area contributed by atoms with Crippen molar-refractivity contribution in [2.45, 2.75) is 57.6 Å². The van der Waals surface area contributed by atoms with Crippen LogP contribution in [0.25, 0.3) is 0 Å². The van der Waals surface area contributed by atoms with Crippen LogP contribution in [0.1, 0.15) is 48.9 Å². The summed E-state index contributed by atoms with van der Waals surface area (Å²) in [6.45, 7) is 1.53. The van der Waals surface area contributed by atoms with E-state index >= 15 is 0 Å². The minimum atomic E-state index is -4.79. The lowest BCUT2D eigenvalue weighted by Crippen LogP contribution is -2.59. The number of benzene rings is 1. The van der Waals surface area contributed by atoms with Gasteiger partial charge in [-0.2, -0.15) is 10.2 Å². The molecule has 11 heteroatoms. The van der Waals surface area contributed by atoms with Gasteiger partial charge in [0.1, 0.15) is 23.2 Å². The molecule has 0 amide bonds. The molecule has 4 aliphatic rings. The van der Waals surface area contributed by atoms with Gasteiger partial charge in [0, 0.05) is 37.4 Å². The third-order valence-electron chi connectivity index (χ3n) is 8.82. The van der Waals surface area contributed by atoms with Crippen molar-refractivity contribution >= 4 is 11.8 Å². The number of ether oxygens (including phenoxy) is 1. The molecular weight excluding hydrogens is 531 g/mol. The number of para-hydroxylation sites is 1. The monoisotopic (exact) mass is 563 g/mol. The van der Waals surface area contributed by atoms with Crippen LogP contribution < -0.4 is 20.7 Å². The highest BCUT2D eigenvalue weighted by Gasteiger charge is 2.55. The third kappa shape index (κ3) is 6.22. The van der Waals surface area contributed by atoms with Gasteiger partial charge in [-0.05, 0) is 73.5 Å². The Bertz CT molecular complexity index is 1400. The zero-order chi connectivity index (χ0) is 28.5. The van der Waals surface area contributed by atoms with Crippen LogP contribution in [0, 0.1) is 34.5 Å². The molecule has 0 radical (unpaired) electrons. The Morgan fingerprint density at radius 2 is 1.76 bits per heavy atom. The van der Waals surface area contributed by atoms with Gasteiger partial charge in [-0.3, -0.25) is 4.98 Å². The fraction of sp³-hybridized carbons (Fsp3) is 0.467. The predicted molar refractivity (Wildman–Crippen MR) is 147 cm³/mol. The van der Waals surface area contributed by atoms with Gasteiger partial charge in [-0.25, -0.2) is 4.98 Å². The van der Waals surface area contributed by atoms with Gasteiger partial charge < -0.3 is 20.7 Å².